The Balaban J connectivity index is 1.67. The van der Waals surface area contributed by atoms with Crippen molar-refractivity contribution in [3.05, 3.63) is 51.4 Å². The second-order valence-corrected chi connectivity index (χ2v) is 9.35. The molecule has 1 aliphatic rings. The van der Waals surface area contributed by atoms with Crippen LogP contribution in [0.25, 0.3) is 0 Å². The predicted molar refractivity (Wildman–Crippen MR) is 127 cm³/mol. The molecule has 0 bridgehead atoms. The number of hydrogen-bond donors (Lipinski definition) is 1. The Morgan fingerprint density at radius 3 is 2.34 bits per heavy atom. The van der Waals surface area contributed by atoms with Crippen molar-refractivity contribution >= 4 is 40.8 Å². The van der Waals surface area contributed by atoms with Crippen LogP contribution < -0.4 is 10.2 Å². The molecule has 0 radical (unpaired) electrons. The van der Waals surface area contributed by atoms with Crippen LogP contribution >= 0.6 is 23.2 Å². The fourth-order valence-electron chi connectivity index (χ4n) is 3.84. The van der Waals surface area contributed by atoms with Gasteiger partial charge in [-0.25, -0.2) is 9.97 Å². The van der Waals surface area contributed by atoms with Gasteiger partial charge in [0.05, 0.1) is 10.6 Å². The lowest BCUT2D eigenvalue weighted by Gasteiger charge is -2.37. The molecule has 172 valence electrons. The van der Waals surface area contributed by atoms with E-state index in [0.717, 1.165) is 17.3 Å². The van der Waals surface area contributed by atoms with E-state index in [0.29, 0.717) is 43.2 Å². The van der Waals surface area contributed by atoms with Gasteiger partial charge in [0.15, 0.2) is 0 Å². The Morgan fingerprint density at radius 1 is 1.06 bits per heavy atom. The summed E-state index contributed by atoms with van der Waals surface area (Å²) < 4.78 is 0. The second-order valence-electron chi connectivity index (χ2n) is 8.51. The smallest absolute Gasteiger partial charge is 0.253 e. The van der Waals surface area contributed by atoms with Gasteiger partial charge in [-0.1, -0.05) is 37.0 Å². The Labute approximate surface area is 199 Å². The van der Waals surface area contributed by atoms with Crippen molar-refractivity contribution in [2.75, 3.05) is 31.1 Å². The number of hydrogen-bond acceptors (Lipinski definition) is 5. The van der Waals surface area contributed by atoms with E-state index in [-0.39, 0.29) is 22.8 Å². The van der Waals surface area contributed by atoms with Gasteiger partial charge in [-0.3, -0.25) is 9.59 Å². The van der Waals surface area contributed by atoms with E-state index in [1.807, 2.05) is 38.7 Å². The molecule has 2 aromatic rings. The Bertz CT molecular complexity index is 970. The molecule has 0 spiro atoms. The van der Waals surface area contributed by atoms with Gasteiger partial charge in [-0.05, 0) is 44.4 Å². The highest BCUT2D eigenvalue weighted by Crippen LogP contribution is 2.22. The molecular formula is C23H29Cl2N5O2. The van der Waals surface area contributed by atoms with E-state index in [9.17, 15) is 9.59 Å². The third-order valence-corrected chi connectivity index (χ3v) is 5.90. The van der Waals surface area contributed by atoms with E-state index in [1.165, 1.54) is 6.07 Å². The van der Waals surface area contributed by atoms with Gasteiger partial charge in [-0.2, -0.15) is 0 Å². The molecular weight excluding hydrogens is 449 g/mol. The zero-order valence-electron chi connectivity index (χ0n) is 18.9. The number of nitrogens with one attached hydrogen (secondary N) is 1. The molecule has 1 aromatic carbocycles. The van der Waals surface area contributed by atoms with E-state index in [1.54, 1.807) is 12.1 Å². The average Bonchev–Trinajstić information content (AvgIpc) is 2.71. The van der Waals surface area contributed by atoms with Crippen LogP contribution in [-0.2, 0) is 4.79 Å². The summed E-state index contributed by atoms with van der Waals surface area (Å²) in [4.78, 5) is 39.0. The molecule has 9 heteroatoms. The van der Waals surface area contributed by atoms with Crippen molar-refractivity contribution in [2.45, 2.75) is 40.2 Å². The van der Waals surface area contributed by atoms with Gasteiger partial charge in [-0.15, -0.1) is 0 Å². The average molecular weight is 478 g/mol. The van der Waals surface area contributed by atoms with Crippen molar-refractivity contribution in [1.29, 1.82) is 0 Å². The second kappa shape index (κ2) is 10.5. The number of nitrogens with zero attached hydrogens (tertiary/aromatic N) is 4. The van der Waals surface area contributed by atoms with Crippen LogP contribution in [0, 0.1) is 19.8 Å². The van der Waals surface area contributed by atoms with E-state index >= 15 is 0 Å². The molecule has 0 saturated carbocycles. The minimum Gasteiger partial charge on any atom is -0.353 e. The lowest BCUT2D eigenvalue weighted by atomic mass is 10.0. The summed E-state index contributed by atoms with van der Waals surface area (Å²) in [5.74, 6) is 1.40. The molecule has 1 aliphatic heterocycles. The first kappa shape index (κ1) is 24.3. The number of carbonyl (C=O) groups excluding carboxylic acids is 2. The highest BCUT2D eigenvalue weighted by molar-refractivity contribution is 6.36. The standard InChI is InChI=1S/C23H29Cl2N5O2/c1-14(2)11-20(28-22(31)18-6-5-17(24)13-19(18)25)23(32)30-9-7-29(8-10-30)21-12-15(3)26-16(4)27-21/h5-6,12-14,20H,7-11H2,1-4H3,(H,28,31). The number of aryl methyl sites for hydroxylation is 2. The van der Waals surface area contributed by atoms with Crippen LogP contribution in [0.5, 0.6) is 0 Å². The SMILES string of the molecule is Cc1cc(N2CCN(C(=O)C(CC(C)C)NC(=O)c3ccc(Cl)cc3Cl)CC2)nc(C)n1. The first-order valence-electron chi connectivity index (χ1n) is 10.8. The molecule has 1 aromatic heterocycles. The fraction of sp³-hybridized carbons (Fsp3) is 0.478. The van der Waals surface area contributed by atoms with Crippen LogP contribution in [-0.4, -0.2) is 58.9 Å². The number of benzene rings is 1. The summed E-state index contributed by atoms with van der Waals surface area (Å²) in [7, 11) is 0. The zero-order valence-corrected chi connectivity index (χ0v) is 20.4. The quantitative estimate of drug-likeness (QED) is 0.682. The van der Waals surface area contributed by atoms with Gasteiger partial charge in [0.25, 0.3) is 5.91 Å². The van der Waals surface area contributed by atoms with Crippen LogP contribution in [0.4, 0.5) is 5.82 Å². The van der Waals surface area contributed by atoms with E-state index < -0.39 is 6.04 Å². The topological polar surface area (TPSA) is 78.4 Å². The Hall–Kier alpha value is -2.38. The number of amides is 2. The predicted octanol–water partition coefficient (Wildman–Crippen LogP) is 3.89. The molecule has 1 unspecified atom stereocenters. The zero-order chi connectivity index (χ0) is 23.4. The minimum absolute atomic E-state index is 0.0770. The summed E-state index contributed by atoms with van der Waals surface area (Å²) >= 11 is 12.1. The number of anilines is 1. The molecule has 1 atom stereocenters. The van der Waals surface area contributed by atoms with Crippen molar-refractivity contribution < 1.29 is 9.59 Å². The molecule has 7 nitrogen and oxygen atoms in total. The number of aromatic nitrogens is 2. The van der Waals surface area contributed by atoms with Crippen LogP contribution in [0.1, 0.15) is 42.1 Å². The minimum atomic E-state index is -0.621. The van der Waals surface area contributed by atoms with Gasteiger partial charge in [0.1, 0.15) is 17.7 Å². The van der Waals surface area contributed by atoms with Gasteiger partial charge in [0.2, 0.25) is 5.91 Å². The number of halogens is 2. The van der Waals surface area contributed by atoms with Crippen molar-refractivity contribution in [2.24, 2.45) is 5.92 Å². The molecule has 1 N–H and O–H groups in total. The molecule has 0 aliphatic carbocycles. The molecule has 1 fully saturated rings. The first-order valence-corrected chi connectivity index (χ1v) is 11.5. The van der Waals surface area contributed by atoms with Crippen molar-refractivity contribution in [3.8, 4) is 0 Å². The molecule has 32 heavy (non-hydrogen) atoms. The van der Waals surface area contributed by atoms with Crippen LogP contribution in [0.3, 0.4) is 0 Å². The van der Waals surface area contributed by atoms with E-state index in [2.05, 4.69) is 20.2 Å². The lowest BCUT2D eigenvalue weighted by molar-refractivity contribution is -0.134. The van der Waals surface area contributed by atoms with Crippen LogP contribution in [0.15, 0.2) is 24.3 Å². The lowest BCUT2D eigenvalue weighted by Crippen LogP contribution is -2.55. The summed E-state index contributed by atoms with van der Waals surface area (Å²) in [6.07, 6.45) is 0.542. The van der Waals surface area contributed by atoms with Crippen molar-refractivity contribution in [1.82, 2.24) is 20.2 Å². The molecule has 2 amide bonds. The monoisotopic (exact) mass is 477 g/mol. The normalized spacial score (nSPS) is 15.1. The Kier molecular flexibility index (Phi) is 7.96. The summed E-state index contributed by atoms with van der Waals surface area (Å²) in [5, 5.41) is 3.60. The maximum Gasteiger partial charge on any atom is 0.253 e. The molecule has 1 saturated heterocycles. The highest BCUT2D eigenvalue weighted by Gasteiger charge is 2.30. The van der Waals surface area contributed by atoms with E-state index in [4.69, 9.17) is 23.2 Å². The molecule has 2 heterocycles. The fourth-order valence-corrected chi connectivity index (χ4v) is 4.33. The van der Waals surface area contributed by atoms with Gasteiger partial charge < -0.3 is 15.1 Å². The number of rotatable bonds is 6. The number of piperazine rings is 1. The Morgan fingerprint density at radius 2 is 1.75 bits per heavy atom. The first-order chi connectivity index (χ1) is 15.1. The number of carbonyl (C=O) groups is 2. The summed E-state index contributed by atoms with van der Waals surface area (Å²) in [5.41, 5.74) is 1.23. The van der Waals surface area contributed by atoms with Crippen LogP contribution in [0.2, 0.25) is 10.0 Å². The summed E-state index contributed by atoms with van der Waals surface area (Å²) in [6.45, 7) is 10.4. The van der Waals surface area contributed by atoms with Crippen molar-refractivity contribution in [3.63, 3.8) is 0 Å². The third kappa shape index (κ3) is 6.11. The summed E-state index contributed by atoms with van der Waals surface area (Å²) in [6, 6.07) is 6.04. The molecule has 3 rings (SSSR count). The maximum absolute atomic E-state index is 13.3. The largest absolute Gasteiger partial charge is 0.353 e. The third-order valence-electron chi connectivity index (χ3n) is 5.35. The van der Waals surface area contributed by atoms with Gasteiger partial charge in [0, 0.05) is 43.0 Å². The highest BCUT2D eigenvalue weighted by atomic mass is 35.5. The maximum atomic E-state index is 13.3. The van der Waals surface area contributed by atoms with Gasteiger partial charge >= 0.3 is 0 Å².